The van der Waals surface area contributed by atoms with Crippen molar-refractivity contribution < 1.29 is 44.0 Å². The van der Waals surface area contributed by atoms with E-state index in [0.717, 1.165) is 45.1 Å². The number of carbonyl (C=O) groups is 5. The van der Waals surface area contributed by atoms with Crippen LogP contribution in [0, 0.1) is 0 Å². The lowest BCUT2D eigenvalue weighted by molar-refractivity contribution is -0.139. The highest BCUT2D eigenvalue weighted by Gasteiger charge is 2.39. The summed E-state index contributed by atoms with van der Waals surface area (Å²) in [4.78, 5) is 98.6. The van der Waals surface area contributed by atoms with Gasteiger partial charge in [-0.2, -0.15) is 11.8 Å². The van der Waals surface area contributed by atoms with E-state index < -0.39 is 83.5 Å². The van der Waals surface area contributed by atoms with Crippen LogP contribution >= 0.6 is 11.8 Å². The molecule has 0 aliphatic carbocycles. The van der Waals surface area contributed by atoms with Crippen LogP contribution in [0.15, 0.2) is 82.5 Å². The number of hydrogen-bond donors (Lipinski definition) is 10. The maximum Gasteiger partial charge on any atom is 0.331 e. The zero-order valence-corrected chi connectivity index (χ0v) is 35.7. The van der Waals surface area contributed by atoms with Gasteiger partial charge in [-0.1, -0.05) is 24.3 Å². The molecule has 336 valence electrons. The molecule has 2 aromatic heterocycles. The highest BCUT2D eigenvalue weighted by atomic mass is 32.2. The van der Waals surface area contributed by atoms with Gasteiger partial charge in [0.05, 0.1) is 12.1 Å². The standard InChI is InChI=1S/C42H51N9O11S/c1-21-27-10-9-25(52)15-23(27)16-31(45-21)38(57)50(3)22(2)35(37(56)44-20-26-18-33(53)39(62-26)51-13-11-34(54)48-42(51)61)49-36(55)30(12-14-63-4)46-41(60)47-32(40(58)59)17-24-19-43-29-8-6-5-7-28(24)29/h5-11,13,15,19-22,30-33,35,39,43,45,52-53H,12,14,16-18H2,1-4H3,(H,44,56)(H,49,55)(H,58,59)(H2,46,47,60)(H,48,54,61)/b26-20-. The van der Waals surface area contributed by atoms with Crippen molar-refractivity contribution in [2.75, 3.05) is 19.1 Å². The van der Waals surface area contributed by atoms with Crippen molar-refractivity contribution in [2.24, 2.45) is 0 Å². The number of H-pyrrole nitrogens is 2. The number of aliphatic carboxylic acids is 1. The van der Waals surface area contributed by atoms with Crippen molar-refractivity contribution in [3.05, 3.63) is 110 Å². The van der Waals surface area contributed by atoms with Crippen molar-refractivity contribution in [1.82, 2.24) is 46.0 Å². The van der Waals surface area contributed by atoms with Crippen LogP contribution in [0.2, 0.25) is 0 Å². The Morgan fingerprint density at radius 2 is 1.78 bits per heavy atom. The average molecular weight is 890 g/mol. The first-order valence-corrected chi connectivity index (χ1v) is 21.6. The molecular weight excluding hydrogens is 839 g/mol. The summed E-state index contributed by atoms with van der Waals surface area (Å²) in [6, 6.07) is 6.22. The molecule has 0 radical (unpaired) electrons. The van der Waals surface area contributed by atoms with Gasteiger partial charge in [-0.3, -0.25) is 34.0 Å². The van der Waals surface area contributed by atoms with Crippen LogP contribution in [0.5, 0.6) is 5.75 Å². The molecule has 2 aliphatic heterocycles. The number of likely N-dealkylation sites (N-methyl/N-ethyl adjacent to an activating group) is 1. The first-order chi connectivity index (χ1) is 30.0. The number of thioether (sulfide) groups is 1. The minimum Gasteiger partial charge on any atom is -0.508 e. The summed E-state index contributed by atoms with van der Waals surface area (Å²) in [6.07, 6.45) is 3.40. The molecule has 0 bridgehead atoms. The lowest BCUT2D eigenvalue weighted by atomic mass is 9.90. The average Bonchev–Trinajstić information content (AvgIpc) is 3.84. The first kappa shape index (κ1) is 45.9. The summed E-state index contributed by atoms with van der Waals surface area (Å²) in [7, 11) is 1.47. The van der Waals surface area contributed by atoms with Gasteiger partial charge in [-0.05, 0) is 73.6 Å². The number of fused-ring (bicyclic) bond motifs is 2. The fraction of sp³-hybridized carbons (Fsp3) is 0.405. The first-order valence-electron chi connectivity index (χ1n) is 20.2. The molecule has 0 spiro atoms. The van der Waals surface area contributed by atoms with Gasteiger partial charge < -0.3 is 51.2 Å². The van der Waals surface area contributed by atoms with Crippen molar-refractivity contribution in [3.8, 4) is 5.75 Å². The number of aromatic amines is 2. The Labute approximate surface area is 364 Å². The van der Waals surface area contributed by atoms with Crippen molar-refractivity contribution in [2.45, 2.75) is 88.1 Å². The number of carboxylic acid groups (broad SMARTS) is 1. The summed E-state index contributed by atoms with van der Waals surface area (Å²) in [5.74, 6) is -2.85. The van der Waals surface area contributed by atoms with Gasteiger partial charge >= 0.3 is 17.7 Å². The Morgan fingerprint density at radius 3 is 2.51 bits per heavy atom. The van der Waals surface area contributed by atoms with Crippen LogP contribution in [0.4, 0.5) is 4.79 Å². The molecule has 4 heterocycles. The fourth-order valence-corrected chi connectivity index (χ4v) is 8.20. The zero-order chi connectivity index (χ0) is 45.5. The second-order valence-electron chi connectivity index (χ2n) is 15.5. The predicted molar refractivity (Wildman–Crippen MR) is 231 cm³/mol. The molecular formula is C42H51N9O11S. The number of benzene rings is 2. The van der Waals surface area contributed by atoms with E-state index in [1.165, 1.54) is 23.7 Å². The van der Waals surface area contributed by atoms with Crippen LogP contribution in [-0.2, 0) is 36.8 Å². The van der Waals surface area contributed by atoms with Gasteiger partial charge in [-0.25, -0.2) is 14.4 Å². The number of carbonyl (C=O) groups excluding carboxylic acids is 4. The summed E-state index contributed by atoms with van der Waals surface area (Å²) in [6.45, 7) is 3.43. The third-order valence-corrected chi connectivity index (χ3v) is 11.9. The molecule has 8 atom stereocenters. The number of phenolic OH excluding ortho intramolecular Hbond substituents is 1. The molecule has 8 unspecified atom stereocenters. The number of nitrogens with one attached hydrogen (secondary N) is 7. The molecule has 0 saturated carbocycles. The van der Waals surface area contributed by atoms with Crippen molar-refractivity contribution in [1.29, 1.82) is 0 Å². The van der Waals surface area contributed by atoms with E-state index in [4.69, 9.17) is 4.74 Å². The number of amides is 5. The minimum absolute atomic E-state index is 0.0475. The molecule has 10 N–H and O–H groups in total. The minimum atomic E-state index is -1.47. The van der Waals surface area contributed by atoms with Gasteiger partial charge in [0.25, 0.3) is 5.56 Å². The maximum absolute atomic E-state index is 14.2. The number of aliphatic hydroxyl groups excluding tert-OH is 1. The largest absolute Gasteiger partial charge is 0.508 e. The van der Waals surface area contributed by atoms with E-state index in [-0.39, 0.29) is 43.2 Å². The zero-order valence-electron chi connectivity index (χ0n) is 34.9. The number of phenols is 1. The van der Waals surface area contributed by atoms with E-state index in [2.05, 4.69) is 36.6 Å². The summed E-state index contributed by atoms with van der Waals surface area (Å²) in [5, 5.41) is 45.3. The molecule has 1 fully saturated rings. The van der Waals surface area contributed by atoms with Gasteiger partial charge in [0.2, 0.25) is 23.9 Å². The van der Waals surface area contributed by atoms with Crippen LogP contribution in [0.3, 0.4) is 0 Å². The normalized spacial score (nSPS) is 20.7. The van der Waals surface area contributed by atoms with Crippen LogP contribution in [0.25, 0.3) is 10.9 Å². The van der Waals surface area contributed by atoms with Gasteiger partial charge in [0.1, 0.15) is 35.7 Å². The lowest BCUT2D eigenvalue weighted by Crippen LogP contribution is -2.62. The summed E-state index contributed by atoms with van der Waals surface area (Å²) < 4.78 is 6.74. The molecule has 63 heavy (non-hydrogen) atoms. The Bertz CT molecular complexity index is 2500. The number of aliphatic hydroxyl groups is 1. The molecule has 2 aromatic carbocycles. The van der Waals surface area contributed by atoms with E-state index in [0.29, 0.717) is 11.3 Å². The number of nitrogens with zero attached hydrogens (tertiary/aromatic N) is 2. The number of urea groups is 1. The number of para-hydroxylation sites is 1. The van der Waals surface area contributed by atoms with Gasteiger partial charge in [-0.15, -0.1) is 0 Å². The lowest BCUT2D eigenvalue weighted by Gasteiger charge is -2.37. The Hall–Kier alpha value is -6.58. The van der Waals surface area contributed by atoms with E-state index in [9.17, 15) is 48.9 Å². The topological polar surface area (TPSA) is 289 Å². The predicted octanol–water partition coefficient (Wildman–Crippen LogP) is 0.685. The number of aromatic nitrogens is 3. The third-order valence-electron chi connectivity index (χ3n) is 11.2. The fourth-order valence-electron chi connectivity index (χ4n) is 7.73. The van der Waals surface area contributed by atoms with Crippen molar-refractivity contribution >= 4 is 52.4 Å². The third kappa shape index (κ3) is 10.9. The monoisotopic (exact) mass is 889 g/mol. The number of rotatable bonds is 16. The van der Waals surface area contributed by atoms with Crippen LogP contribution in [0.1, 0.15) is 55.6 Å². The Balaban J connectivity index is 1.21. The quantitative estimate of drug-likeness (QED) is 0.0742. The number of ether oxygens (including phenoxy) is 1. The Morgan fingerprint density at radius 1 is 1.03 bits per heavy atom. The molecule has 21 heteroatoms. The van der Waals surface area contributed by atoms with E-state index in [1.54, 1.807) is 37.6 Å². The number of carboxylic acids is 1. The SMILES string of the molecule is CSCCC(NC(=O)NC(Cc1c[nH]c2ccccc12)C(=O)O)C(=O)NC(C(=O)N/C=C1/CC(O)C(n2ccc(=O)[nH]c2=O)O1)C(C)N(C)C(=O)C1Cc2cc(O)ccc2C(C)N1. The van der Waals surface area contributed by atoms with Crippen LogP contribution < -0.4 is 37.8 Å². The van der Waals surface area contributed by atoms with Crippen LogP contribution in [-0.4, -0.2) is 120 Å². The summed E-state index contributed by atoms with van der Waals surface area (Å²) in [5.41, 5.74) is 1.66. The van der Waals surface area contributed by atoms with E-state index in [1.807, 2.05) is 31.2 Å². The Kier molecular flexibility index (Phi) is 14.6. The number of hydrogen-bond acceptors (Lipinski definition) is 12. The highest BCUT2D eigenvalue weighted by molar-refractivity contribution is 7.98. The second-order valence-corrected chi connectivity index (χ2v) is 16.5. The molecule has 20 nitrogen and oxygen atoms in total. The smallest absolute Gasteiger partial charge is 0.331 e. The van der Waals surface area contributed by atoms with Gasteiger partial charge in [0, 0.05) is 61.5 Å². The van der Waals surface area contributed by atoms with Crippen molar-refractivity contribution in [3.63, 3.8) is 0 Å². The summed E-state index contributed by atoms with van der Waals surface area (Å²) >= 11 is 1.39. The number of aromatic hydroxyl groups is 1. The maximum atomic E-state index is 14.2. The molecule has 4 aromatic rings. The second kappa shape index (κ2) is 20.1. The molecule has 5 amide bonds. The van der Waals surface area contributed by atoms with Gasteiger partial charge in [0.15, 0.2) is 0 Å². The molecule has 6 rings (SSSR count). The highest BCUT2D eigenvalue weighted by Crippen LogP contribution is 2.31. The van der Waals surface area contributed by atoms with E-state index >= 15 is 0 Å². The molecule has 2 aliphatic rings. The molecule has 1 saturated heterocycles.